The summed E-state index contributed by atoms with van der Waals surface area (Å²) in [4.78, 5) is 35.6. The number of nitrogens with zero attached hydrogens (tertiary/aromatic N) is 1. The SMILES string of the molecule is N[C@@H](C(=O)N1CC(=O)NC(=O)C1)c1ccccc1. The number of carbonyl (C=O) groups is 3. The van der Waals surface area contributed by atoms with Crippen LogP contribution in [0.5, 0.6) is 0 Å². The molecule has 3 amide bonds. The van der Waals surface area contributed by atoms with E-state index in [9.17, 15) is 14.4 Å². The van der Waals surface area contributed by atoms with Gasteiger partial charge in [0.2, 0.25) is 17.7 Å². The van der Waals surface area contributed by atoms with Gasteiger partial charge in [0.1, 0.15) is 19.1 Å². The van der Waals surface area contributed by atoms with E-state index < -0.39 is 23.8 Å². The molecule has 0 aromatic heterocycles. The Hall–Kier alpha value is -2.21. The van der Waals surface area contributed by atoms with Gasteiger partial charge in [0, 0.05) is 0 Å². The average Bonchev–Trinajstić information content (AvgIpc) is 2.37. The first-order valence-corrected chi connectivity index (χ1v) is 5.50. The molecule has 6 heteroatoms. The Kier molecular flexibility index (Phi) is 3.38. The topological polar surface area (TPSA) is 92.5 Å². The number of piperazine rings is 1. The van der Waals surface area contributed by atoms with E-state index in [1.807, 2.05) is 6.07 Å². The highest BCUT2D eigenvalue weighted by Gasteiger charge is 2.29. The summed E-state index contributed by atoms with van der Waals surface area (Å²) in [6.07, 6.45) is 0. The Labute approximate surface area is 104 Å². The lowest BCUT2D eigenvalue weighted by molar-refractivity contribution is -0.146. The molecule has 3 N–H and O–H groups in total. The Morgan fingerprint density at radius 3 is 2.28 bits per heavy atom. The fraction of sp³-hybridized carbons (Fsp3) is 0.250. The van der Waals surface area contributed by atoms with Crippen molar-refractivity contribution < 1.29 is 14.4 Å². The zero-order valence-electron chi connectivity index (χ0n) is 9.63. The van der Waals surface area contributed by atoms with E-state index in [1.165, 1.54) is 4.90 Å². The van der Waals surface area contributed by atoms with Gasteiger partial charge in [0.15, 0.2) is 0 Å². The molecule has 1 fully saturated rings. The van der Waals surface area contributed by atoms with E-state index in [0.29, 0.717) is 5.56 Å². The number of nitrogens with two attached hydrogens (primary N) is 1. The van der Waals surface area contributed by atoms with Crippen LogP contribution in [-0.2, 0) is 14.4 Å². The second kappa shape index (κ2) is 4.97. The molecule has 2 rings (SSSR count). The maximum atomic E-state index is 12.1. The van der Waals surface area contributed by atoms with Crippen LogP contribution in [0, 0.1) is 0 Å². The van der Waals surface area contributed by atoms with Crippen molar-refractivity contribution in [3.05, 3.63) is 35.9 Å². The molecule has 1 heterocycles. The molecule has 1 atom stereocenters. The highest BCUT2D eigenvalue weighted by Crippen LogP contribution is 2.13. The molecule has 18 heavy (non-hydrogen) atoms. The molecule has 0 saturated carbocycles. The van der Waals surface area contributed by atoms with Crippen LogP contribution < -0.4 is 11.1 Å². The van der Waals surface area contributed by atoms with Crippen molar-refractivity contribution in [2.24, 2.45) is 5.73 Å². The van der Waals surface area contributed by atoms with Crippen molar-refractivity contribution in [3.63, 3.8) is 0 Å². The van der Waals surface area contributed by atoms with Crippen LogP contribution in [0.3, 0.4) is 0 Å². The number of amides is 3. The predicted molar refractivity (Wildman–Crippen MR) is 63.1 cm³/mol. The summed E-state index contributed by atoms with van der Waals surface area (Å²) < 4.78 is 0. The number of nitrogens with one attached hydrogen (secondary N) is 1. The number of hydrogen-bond donors (Lipinski definition) is 2. The molecular weight excluding hydrogens is 234 g/mol. The first kappa shape index (κ1) is 12.3. The second-order valence-electron chi connectivity index (χ2n) is 4.05. The van der Waals surface area contributed by atoms with Gasteiger partial charge in [-0.25, -0.2) is 0 Å². The van der Waals surface area contributed by atoms with Crippen molar-refractivity contribution in [2.45, 2.75) is 6.04 Å². The Balaban J connectivity index is 2.11. The lowest BCUT2D eigenvalue weighted by Gasteiger charge is -2.27. The minimum atomic E-state index is -0.857. The van der Waals surface area contributed by atoms with E-state index in [-0.39, 0.29) is 13.1 Å². The third-order valence-corrected chi connectivity index (χ3v) is 2.68. The van der Waals surface area contributed by atoms with Gasteiger partial charge in [-0.15, -0.1) is 0 Å². The zero-order valence-corrected chi connectivity index (χ0v) is 9.63. The molecule has 0 bridgehead atoms. The largest absolute Gasteiger partial charge is 0.322 e. The molecule has 1 saturated heterocycles. The van der Waals surface area contributed by atoms with Crippen LogP contribution >= 0.6 is 0 Å². The molecular formula is C12H13N3O3. The minimum absolute atomic E-state index is 0.134. The maximum absolute atomic E-state index is 12.1. The lowest BCUT2D eigenvalue weighted by Crippen LogP contribution is -2.55. The van der Waals surface area contributed by atoms with Crippen molar-refractivity contribution in [2.75, 3.05) is 13.1 Å². The predicted octanol–water partition coefficient (Wildman–Crippen LogP) is -0.829. The second-order valence-corrected chi connectivity index (χ2v) is 4.05. The van der Waals surface area contributed by atoms with Gasteiger partial charge >= 0.3 is 0 Å². The molecule has 6 nitrogen and oxygen atoms in total. The molecule has 0 aliphatic carbocycles. The van der Waals surface area contributed by atoms with Gasteiger partial charge in [-0.2, -0.15) is 0 Å². The van der Waals surface area contributed by atoms with E-state index in [4.69, 9.17) is 5.73 Å². The summed E-state index contributed by atoms with van der Waals surface area (Å²) in [6.45, 7) is -0.268. The molecule has 1 aliphatic rings. The first-order chi connectivity index (χ1) is 8.58. The number of benzene rings is 1. The summed E-state index contributed by atoms with van der Waals surface area (Å²) in [7, 11) is 0. The Morgan fingerprint density at radius 1 is 1.17 bits per heavy atom. The maximum Gasteiger partial charge on any atom is 0.246 e. The van der Waals surface area contributed by atoms with Gasteiger partial charge in [-0.1, -0.05) is 30.3 Å². The normalized spacial score (nSPS) is 17.3. The number of hydrogen-bond acceptors (Lipinski definition) is 4. The Bertz CT molecular complexity index is 471. The van der Waals surface area contributed by atoms with Crippen molar-refractivity contribution in [1.29, 1.82) is 0 Å². The fourth-order valence-corrected chi connectivity index (χ4v) is 1.79. The quantitative estimate of drug-likeness (QED) is 0.667. The monoisotopic (exact) mass is 247 g/mol. The van der Waals surface area contributed by atoms with Crippen LogP contribution in [0.4, 0.5) is 0 Å². The van der Waals surface area contributed by atoms with Gasteiger partial charge in [0.05, 0.1) is 0 Å². The van der Waals surface area contributed by atoms with Gasteiger partial charge < -0.3 is 10.6 Å². The van der Waals surface area contributed by atoms with Crippen molar-refractivity contribution in [1.82, 2.24) is 10.2 Å². The highest BCUT2D eigenvalue weighted by atomic mass is 16.2. The number of carbonyl (C=O) groups excluding carboxylic acids is 3. The summed E-state index contributed by atoms with van der Waals surface area (Å²) in [5.41, 5.74) is 6.48. The van der Waals surface area contributed by atoms with E-state index in [2.05, 4.69) is 5.32 Å². The summed E-state index contributed by atoms with van der Waals surface area (Å²) in [5.74, 6) is -1.40. The number of rotatable bonds is 2. The smallest absolute Gasteiger partial charge is 0.246 e. The molecule has 1 aliphatic heterocycles. The summed E-state index contributed by atoms with van der Waals surface area (Å²) in [6, 6.07) is 7.97. The van der Waals surface area contributed by atoms with Crippen molar-refractivity contribution >= 4 is 17.7 Å². The molecule has 1 aromatic rings. The summed E-state index contributed by atoms with van der Waals surface area (Å²) >= 11 is 0. The molecule has 94 valence electrons. The van der Waals surface area contributed by atoms with Gasteiger partial charge in [0.25, 0.3) is 0 Å². The van der Waals surface area contributed by atoms with E-state index in [1.54, 1.807) is 24.3 Å². The Morgan fingerprint density at radius 2 is 1.72 bits per heavy atom. The van der Waals surface area contributed by atoms with E-state index >= 15 is 0 Å². The van der Waals surface area contributed by atoms with Crippen LogP contribution in [-0.4, -0.2) is 35.7 Å². The minimum Gasteiger partial charge on any atom is -0.322 e. The van der Waals surface area contributed by atoms with Crippen LogP contribution in [0.25, 0.3) is 0 Å². The average molecular weight is 247 g/mol. The fourth-order valence-electron chi connectivity index (χ4n) is 1.79. The van der Waals surface area contributed by atoms with Crippen LogP contribution in [0.1, 0.15) is 11.6 Å². The molecule has 0 unspecified atom stereocenters. The van der Waals surface area contributed by atoms with Crippen LogP contribution in [0.15, 0.2) is 30.3 Å². The first-order valence-electron chi connectivity index (χ1n) is 5.50. The molecule has 0 radical (unpaired) electrons. The molecule has 0 spiro atoms. The van der Waals surface area contributed by atoms with Gasteiger partial charge in [-0.3, -0.25) is 19.7 Å². The number of imide groups is 1. The van der Waals surface area contributed by atoms with Gasteiger partial charge in [-0.05, 0) is 5.56 Å². The lowest BCUT2D eigenvalue weighted by atomic mass is 10.1. The standard InChI is InChI=1S/C12H13N3O3/c13-11(8-4-2-1-3-5-8)12(18)15-6-9(16)14-10(17)7-15/h1-5,11H,6-7,13H2,(H,14,16,17)/t11-/m1/s1. The van der Waals surface area contributed by atoms with E-state index in [0.717, 1.165) is 0 Å². The highest BCUT2D eigenvalue weighted by molar-refractivity contribution is 6.03. The summed E-state index contributed by atoms with van der Waals surface area (Å²) in [5, 5.41) is 2.13. The third kappa shape index (κ3) is 2.54. The zero-order chi connectivity index (χ0) is 13.1. The van der Waals surface area contributed by atoms with Crippen molar-refractivity contribution in [3.8, 4) is 0 Å². The third-order valence-electron chi connectivity index (χ3n) is 2.68. The van der Waals surface area contributed by atoms with Crippen LogP contribution in [0.2, 0.25) is 0 Å². The molecule has 1 aromatic carbocycles.